The van der Waals surface area contributed by atoms with E-state index in [0.717, 1.165) is 5.69 Å². The molecule has 1 aliphatic rings. The van der Waals surface area contributed by atoms with E-state index >= 15 is 0 Å². The number of nitrogens with zero attached hydrogens (tertiary/aromatic N) is 1. The summed E-state index contributed by atoms with van der Waals surface area (Å²) in [6.07, 6.45) is 4.21. The van der Waals surface area contributed by atoms with Crippen molar-refractivity contribution in [2.45, 2.75) is 18.3 Å². The quantitative estimate of drug-likeness (QED) is 0.778. The van der Waals surface area contributed by atoms with Gasteiger partial charge in [0.05, 0.1) is 6.20 Å². The van der Waals surface area contributed by atoms with Gasteiger partial charge in [-0.25, -0.2) is 4.98 Å². The molecule has 0 atom stereocenters. The standard InChI is InChI=1S/C12H13N3/c13-11-14-8-10(15-11)12(6-7-12)9-4-2-1-3-5-9/h1-5,8H,6-7H2,(H3,13,14,15). The highest BCUT2D eigenvalue weighted by atomic mass is 15.0. The first-order chi connectivity index (χ1) is 7.31. The Balaban J connectivity index is 2.05. The van der Waals surface area contributed by atoms with Crippen molar-refractivity contribution in [1.29, 1.82) is 0 Å². The molecule has 0 radical (unpaired) electrons. The van der Waals surface area contributed by atoms with Crippen LogP contribution in [-0.4, -0.2) is 9.97 Å². The second-order valence-corrected chi connectivity index (χ2v) is 4.13. The molecular weight excluding hydrogens is 186 g/mol. The highest BCUT2D eigenvalue weighted by Crippen LogP contribution is 2.52. The number of hydrogen-bond donors (Lipinski definition) is 2. The number of hydrogen-bond acceptors (Lipinski definition) is 2. The third kappa shape index (κ3) is 1.23. The maximum absolute atomic E-state index is 5.61. The Morgan fingerprint density at radius 3 is 2.47 bits per heavy atom. The minimum atomic E-state index is 0.159. The molecule has 3 heteroatoms. The fourth-order valence-corrected chi connectivity index (χ4v) is 2.18. The van der Waals surface area contributed by atoms with Crippen molar-refractivity contribution in [3.05, 3.63) is 47.8 Å². The SMILES string of the molecule is Nc1ncc(C2(c3ccccc3)CC2)[nH]1. The van der Waals surface area contributed by atoms with Gasteiger partial charge in [-0.3, -0.25) is 0 Å². The highest BCUT2D eigenvalue weighted by Gasteiger charge is 2.47. The zero-order valence-corrected chi connectivity index (χ0v) is 8.40. The number of nitrogen functional groups attached to an aromatic ring is 1. The van der Waals surface area contributed by atoms with Crippen LogP contribution in [-0.2, 0) is 5.41 Å². The second-order valence-electron chi connectivity index (χ2n) is 4.13. The lowest BCUT2D eigenvalue weighted by atomic mass is 9.93. The highest BCUT2D eigenvalue weighted by molar-refractivity contribution is 5.42. The van der Waals surface area contributed by atoms with Crippen molar-refractivity contribution in [3.8, 4) is 0 Å². The van der Waals surface area contributed by atoms with Crippen molar-refractivity contribution >= 4 is 5.95 Å². The van der Waals surface area contributed by atoms with Crippen molar-refractivity contribution in [1.82, 2.24) is 9.97 Å². The fraction of sp³-hybridized carbons (Fsp3) is 0.250. The summed E-state index contributed by atoms with van der Waals surface area (Å²) in [6.45, 7) is 0. The molecule has 0 saturated heterocycles. The first-order valence-electron chi connectivity index (χ1n) is 5.18. The summed E-state index contributed by atoms with van der Waals surface area (Å²) >= 11 is 0. The van der Waals surface area contributed by atoms with E-state index in [2.05, 4.69) is 34.2 Å². The van der Waals surface area contributed by atoms with Crippen LogP contribution in [0.25, 0.3) is 0 Å². The van der Waals surface area contributed by atoms with Gasteiger partial charge in [0.2, 0.25) is 0 Å². The van der Waals surface area contributed by atoms with Crippen molar-refractivity contribution in [3.63, 3.8) is 0 Å². The zero-order valence-electron chi connectivity index (χ0n) is 8.40. The minimum Gasteiger partial charge on any atom is -0.369 e. The molecule has 1 aromatic carbocycles. The molecule has 0 spiro atoms. The maximum atomic E-state index is 5.61. The van der Waals surface area contributed by atoms with E-state index in [0.29, 0.717) is 5.95 Å². The summed E-state index contributed by atoms with van der Waals surface area (Å²) in [4.78, 5) is 7.21. The Morgan fingerprint density at radius 2 is 1.93 bits per heavy atom. The molecule has 3 N–H and O–H groups in total. The molecule has 1 aromatic heterocycles. The minimum absolute atomic E-state index is 0.159. The van der Waals surface area contributed by atoms with Crippen molar-refractivity contribution < 1.29 is 0 Å². The number of imidazole rings is 1. The fourth-order valence-electron chi connectivity index (χ4n) is 2.18. The molecule has 1 aliphatic carbocycles. The second kappa shape index (κ2) is 2.86. The lowest BCUT2D eigenvalue weighted by Crippen LogP contribution is -2.08. The topological polar surface area (TPSA) is 54.7 Å². The van der Waals surface area contributed by atoms with Crippen molar-refractivity contribution in [2.24, 2.45) is 0 Å². The number of rotatable bonds is 2. The van der Waals surface area contributed by atoms with Crippen LogP contribution in [0.1, 0.15) is 24.1 Å². The van der Waals surface area contributed by atoms with E-state index in [9.17, 15) is 0 Å². The molecule has 0 unspecified atom stereocenters. The van der Waals surface area contributed by atoms with Gasteiger partial charge in [0, 0.05) is 11.1 Å². The molecule has 0 aliphatic heterocycles. The lowest BCUT2D eigenvalue weighted by molar-refractivity contribution is 0.813. The van der Waals surface area contributed by atoms with E-state index < -0.39 is 0 Å². The predicted octanol–water partition coefficient (Wildman–Crippen LogP) is 2.07. The summed E-state index contributed by atoms with van der Waals surface area (Å²) < 4.78 is 0. The molecule has 3 nitrogen and oxygen atoms in total. The van der Waals surface area contributed by atoms with Crippen LogP contribution >= 0.6 is 0 Å². The van der Waals surface area contributed by atoms with Gasteiger partial charge in [0.25, 0.3) is 0 Å². The van der Waals surface area contributed by atoms with Crippen LogP contribution in [0.4, 0.5) is 5.95 Å². The van der Waals surface area contributed by atoms with E-state index in [1.165, 1.54) is 18.4 Å². The number of aromatic amines is 1. The summed E-state index contributed by atoms with van der Waals surface area (Å²) in [5, 5.41) is 0. The van der Waals surface area contributed by atoms with Crippen LogP contribution < -0.4 is 5.73 Å². The summed E-state index contributed by atoms with van der Waals surface area (Å²) in [6, 6.07) is 10.5. The van der Waals surface area contributed by atoms with Crippen LogP contribution in [0.5, 0.6) is 0 Å². The van der Waals surface area contributed by atoms with Gasteiger partial charge in [-0.2, -0.15) is 0 Å². The van der Waals surface area contributed by atoms with Crippen LogP contribution in [0.3, 0.4) is 0 Å². The molecule has 3 rings (SSSR count). The Hall–Kier alpha value is -1.77. The Kier molecular flexibility index (Phi) is 1.63. The number of nitrogens with two attached hydrogens (primary N) is 1. The van der Waals surface area contributed by atoms with Crippen molar-refractivity contribution in [2.75, 3.05) is 5.73 Å². The average Bonchev–Trinajstić information content (AvgIpc) is 2.98. The molecule has 2 aromatic rings. The molecule has 76 valence electrons. The van der Waals surface area contributed by atoms with Gasteiger partial charge in [0.1, 0.15) is 0 Å². The van der Waals surface area contributed by atoms with Gasteiger partial charge in [-0.1, -0.05) is 30.3 Å². The van der Waals surface area contributed by atoms with Gasteiger partial charge in [0.15, 0.2) is 5.95 Å². The summed E-state index contributed by atoms with van der Waals surface area (Å²) in [5.41, 5.74) is 8.27. The normalized spacial score (nSPS) is 17.6. The van der Waals surface area contributed by atoms with E-state index in [4.69, 9.17) is 5.73 Å². The predicted molar refractivity (Wildman–Crippen MR) is 59.5 cm³/mol. The average molecular weight is 199 g/mol. The number of aromatic nitrogens is 2. The molecule has 0 bridgehead atoms. The lowest BCUT2D eigenvalue weighted by Gasteiger charge is -2.12. The van der Waals surface area contributed by atoms with E-state index in [1.54, 1.807) is 0 Å². The summed E-state index contributed by atoms with van der Waals surface area (Å²) in [7, 11) is 0. The largest absolute Gasteiger partial charge is 0.369 e. The number of nitrogens with one attached hydrogen (secondary N) is 1. The number of benzene rings is 1. The molecule has 1 heterocycles. The molecular formula is C12H13N3. The number of H-pyrrole nitrogens is 1. The summed E-state index contributed by atoms with van der Waals surface area (Å²) in [5.74, 6) is 0.507. The molecule has 1 saturated carbocycles. The van der Waals surface area contributed by atoms with E-state index in [-0.39, 0.29) is 5.41 Å². The van der Waals surface area contributed by atoms with E-state index in [1.807, 2.05) is 12.3 Å². The zero-order chi connectivity index (χ0) is 10.3. The van der Waals surface area contributed by atoms with Gasteiger partial charge >= 0.3 is 0 Å². The maximum Gasteiger partial charge on any atom is 0.197 e. The Bertz CT molecular complexity index is 469. The molecule has 15 heavy (non-hydrogen) atoms. The number of anilines is 1. The Morgan fingerprint density at radius 1 is 1.20 bits per heavy atom. The third-order valence-corrected chi connectivity index (χ3v) is 3.19. The third-order valence-electron chi connectivity index (χ3n) is 3.19. The smallest absolute Gasteiger partial charge is 0.197 e. The first-order valence-corrected chi connectivity index (χ1v) is 5.18. The van der Waals surface area contributed by atoms with Crippen LogP contribution in [0.15, 0.2) is 36.5 Å². The van der Waals surface area contributed by atoms with Gasteiger partial charge < -0.3 is 10.7 Å². The van der Waals surface area contributed by atoms with Gasteiger partial charge in [-0.15, -0.1) is 0 Å². The first kappa shape index (κ1) is 8.53. The Labute approximate surface area is 88.3 Å². The van der Waals surface area contributed by atoms with Crippen LogP contribution in [0.2, 0.25) is 0 Å². The molecule has 0 amide bonds. The molecule has 1 fully saturated rings. The van der Waals surface area contributed by atoms with Gasteiger partial charge in [-0.05, 0) is 18.4 Å². The monoisotopic (exact) mass is 199 g/mol. The van der Waals surface area contributed by atoms with Crippen LogP contribution in [0, 0.1) is 0 Å².